The summed E-state index contributed by atoms with van der Waals surface area (Å²) in [6.45, 7) is 3.71. The van der Waals surface area contributed by atoms with Crippen LogP contribution >= 0.6 is 27.7 Å². The number of sulfone groups is 1. The van der Waals surface area contributed by atoms with Gasteiger partial charge in [0.05, 0.1) is 22.8 Å². The van der Waals surface area contributed by atoms with Gasteiger partial charge in [-0.25, -0.2) is 8.42 Å². The van der Waals surface area contributed by atoms with Gasteiger partial charge in [0.1, 0.15) is 0 Å². The SMILES string of the molecule is CC(Sc1ccc(Br)cc1)C(=O)NC1CS(=O)(=O)CC1N1CCCC1. The highest BCUT2D eigenvalue weighted by Gasteiger charge is 2.42. The Morgan fingerprint density at radius 1 is 1.24 bits per heavy atom. The first-order valence-electron chi connectivity index (χ1n) is 8.51. The number of halogens is 1. The maximum Gasteiger partial charge on any atom is 0.233 e. The van der Waals surface area contributed by atoms with Crippen molar-refractivity contribution in [3.8, 4) is 0 Å². The predicted molar refractivity (Wildman–Crippen MR) is 105 cm³/mol. The molecular weight excluding hydrogens is 424 g/mol. The molecular formula is C17H23BrN2O3S2. The number of hydrogen-bond acceptors (Lipinski definition) is 5. The summed E-state index contributed by atoms with van der Waals surface area (Å²) >= 11 is 4.88. The summed E-state index contributed by atoms with van der Waals surface area (Å²) in [6, 6.07) is 7.43. The minimum absolute atomic E-state index is 0.0512. The Morgan fingerprint density at radius 3 is 2.52 bits per heavy atom. The second kappa shape index (κ2) is 7.98. The summed E-state index contributed by atoms with van der Waals surface area (Å²) in [7, 11) is -3.09. The van der Waals surface area contributed by atoms with Crippen LogP contribution in [0.3, 0.4) is 0 Å². The van der Waals surface area contributed by atoms with Crippen molar-refractivity contribution < 1.29 is 13.2 Å². The number of carbonyl (C=O) groups is 1. The average Bonchev–Trinajstić information content (AvgIpc) is 3.17. The number of hydrogen-bond donors (Lipinski definition) is 1. The molecule has 0 saturated carbocycles. The Morgan fingerprint density at radius 2 is 1.88 bits per heavy atom. The zero-order valence-corrected chi connectivity index (χ0v) is 17.4. The van der Waals surface area contributed by atoms with Gasteiger partial charge >= 0.3 is 0 Å². The fraction of sp³-hybridized carbons (Fsp3) is 0.588. The van der Waals surface area contributed by atoms with Gasteiger partial charge in [-0.15, -0.1) is 11.8 Å². The van der Waals surface area contributed by atoms with Crippen LogP contribution in [0.1, 0.15) is 19.8 Å². The van der Waals surface area contributed by atoms with Gasteiger partial charge in [0.2, 0.25) is 5.91 Å². The molecule has 3 rings (SSSR count). The highest BCUT2D eigenvalue weighted by Crippen LogP contribution is 2.26. The lowest BCUT2D eigenvalue weighted by Gasteiger charge is -2.29. The molecule has 1 amide bonds. The third-order valence-electron chi connectivity index (χ3n) is 4.76. The zero-order chi connectivity index (χ0) is 18.0. The van der Waals surface area contributed by atoms with Gasteiger partial charge < -0.3 is 5.32 Å². The zero-order valence-electron chi connectivity index (χ0n) is 14.2. The summed E-state index contributed by atoms with van der Waals surface area (Å²) in [5.41, 5.74) is 0. The molecule has 2 fully saturated rings. The van der Waals surface area contributed by atoms with Crippen molar-refractivity contribution in [1.29, 1.82) is 0 Å². The molecule has 0 bridgehead atoms. The summed E-state index contributed by atoms with van der Waals surface area (Å²) in [5, 5.41) is 2.73. The molecule has 0 radical (unpaired) electrons. The van der Waals surface area contributed by atoms with E-state index in [0.717, 1.165) is 35.3 Å². The van der Waals surface area contributed by atoms with Gasteiger partial charge in [-0.2, -0.15) is 0 Å². The molecule has 0 spiro atoms. The van der Waals surface area contributed by atoms with E-state index in [9.17, 15) is 13.2 Å². The molecule has 2 aliphatic heterocycles. The van der Waals surface area contributed by atoms with Crippen LogP contribution in [0.15, 0.2) is 33.6 Å². The quantitative estimate of drug-likeness (QED) is 0.702. The number of benzene rings is 1. The third-order valence-corrected chi connectivity index (χ3v) is 8.11. The minimum Gasteiger partial charge on any atom is -0.350 e. The molecule has 3 atom stereocenters. The molecule has 1 aromatic rings. The van der Waals surface area contributed by atoms with Gasteiger partial charge in [0.25, 0.3) is 0 Å². The van der Waals surface area contributed by atoms with Crippen LogP contribution in [0.2, 0.25) is 0 Å². The molecule has 1 aromatic carbocycles. The number of amides is 1. The maximum absolute atomic E-state index is 12.6. The van der Waals surface area contributed by atoms with E-state index >= 15 is 0 Å². The first-order valence-corrected chi connectivity index (χ1v) is 12.0. The summed E-state index contributed by atoms with van der Waals surface area (Å²) in [5.74, 6) is 0.112. The number of rotatable bonds is 5. The summed E-state index contributed by atoms with van der Waals surface area (Å²) < 4.78 is 25.2. The Labute approximate surface area is 162 Å². The lowest BCUT2D eigenvalue weighted by atomic mass is 10.1. The molecule has 1 N–H and O–H groups in total. The van der Waals surface area contributed by atoms with Crippen molar-refractivity contribution in [2.75, 3.05) is 24.6 Å². The Hall–Kier alpha value is -0.570. The van der Waals surface area contributed by atoms with E-state index in [4.69, 9.17) is 0 Å². The molecule has 5 nitrogen and oxygen atoms in total. The smallest absolute Gasteiger partial charge is 0.233 e. The largest absolute Gasteiger partial charge is 0.350 e. The second-order valence-corrected chi connectivity index (χ2v) is 11.2. The normalized spacial score (nSPS) is 27.3. The van der Waals surface area contributed by atoms with Gasteiger partial charge in [-0.3, -0.25) is 9.69 Å². The van der Waals surface area contributed by atoms with E-state index in [-0.39, 0.29) is 34.7 Å². The van der Waals surface area contributed by atoms with Crippen LogP contribution in [0.5, 0.6) is 0 Å². The molecule has 2 aliphatic rings. The van der Waals surface area contributed by atoms with Crippen LogP contribution in [-0.2, 0) is 14.6 Å². The van der Waals surface area contributed by atoms with Crippen LogP contribution in [-0.4, -0.2) is 61.2 Å². The molecule has 0 aliphatic carbocycles. The van der Waals surface area contributed by atoms with Crippen molar-refractivity contribution in [2.24, 2.45) is 0 Å². The standard InChI is InChI=1S/C17H23BrN2O3S2/c1-12(24-14-6-4-13(18)5-7-14)17(21)19-15-10-25(22,23)11-16(15)20-8-2-3-9-20/h4-7,12,15-16H,2-3,8-11H2,1H3,(H,19,21). The molecule has 0 aromatic heterocycles. The average molecular weight is 447 g/mol. The van der Waals surface area contributed by atoms with Crippen molar-refractivity contribution >= 4 is 43.4 Å². The Balaban J connectivity index is 1.62. The summed E-state index contributed by atoms with van der Waals surface area (Å²) in [6.07, 6.45) is 2.21. The number of likely N-dealkylation sites (tertiary alicyclic amines) is 1. The number of carbonyl (C=O) groups excluding carboxylic acids is 1. The van der Waals surface area contributed by atoms with Gasteiger partial charge in [0, 0.05) is 15.4 Å². The van der Waals surface area contributed by atoms with Crippen molar-refractivity contribution in [3.05, 3.63) is 28.7 Å². The van der Waals surface area contributed by atoms with Gasteiger partial charge in [-0.05, 0) is 57.1 Å². The maximum atomic E-state index is 12.6. The van der Waals surface area contributed by atoms with Crippen LogP contribution < -0.4 is 5.32 Å². The van der Waals surface area contributed by atoms with E-state index in [1.54, 1.807) is 0 Å². The van der Waals surface area contributed by atoms with Gasteiger partial charge in [-0.1, -0.05) is 15.9 Å². The fourth-order valence-corrected chi connectivity index (χ4v) is 6.56. The summed E-state index contributed by atoms with van der Waals surface area (Å²) in [4.78, 5) is 15.8. The molecule has 8 heteroatoms. The third kappa shape index (κ3) is 4.99. The Kier molecular flexibility index (Phi) is 6.13. The van der Waals surface area contributed by atoms with Crippen molar-refractivity contribution in [2.45, 2.75) is 42.0 Å². The molecule has 25 heavy (non-hydrogen) atoms. The van der Waals surface area contributed by atoms with E-state index < -0.39 is 9.84 Å². The van der Waals surface area contributed by atoms with E-state index in [1.807, 2.05) is 31.2 Å². The predicted octanol–water partition coefficient (Wildman–Crippen LogP) is 2.31. The number of thioether (sulfide) groups is 1. The minimum atomic E-state index is -3.09. The second-order valence-electron chi connectivity index (χ2n) is 6.72. The van der Waals surface area contributed by atoms with Crippen molar-refractivity contribution in [3.63, 3.8) is 0 Å². The molecule has 138 valence electrons. The van der Waals surface area contributed by atoms with E-state index in [0.29, 0.717) is 0 Å². The number of nitrogens with zero attached hydrogens (tertiary/aromatic N) is 1. The number of nitrogens with one attached hydrogen (secondary N) is 1. The molecule has 3 unspecified atom stereocenters. The topological polar surface area (TPSA) is 66.5 Å². The van der Waals surface area contributed by atoms with Gasteiger partial charge in [0.15, 0.2) is 9.84 Å². The fourth-order valence-electron chi connectivity index (χ4n) is 3.47. The lowest BCUT2D eigenvalue weighted by molar-refractivity contribution is -0.121. The highest BCUT2D eigenvalue weighted by molar-refractivity contribution is 9.10. The van der Waals surface area contributed by atoms with Crippen LogP contribution in [0.25, 0.3) is 0 Å². The molecule has 2 heterocycles. The first kappa shape index (κ1) is 19.2. The van der Waals surface area contributed by atoms with Crippen LogP contribution in [0, 0.1) is 0 Å². The highest BCUT2D eigenvalue weighted by atomic mass is 79.9. The Bertz CT molecular complexity index is 718. The monoisotopic (exact) mass is 446 g/mol. The lowest BCUT2D eigenvalue weighted by Crippen LogP contribution is -2.51. The first-order chi connectivity index (χ1) is 11.8. The van der Waals surface area contributed by atoms with Crippen LogP contribution in [0.4, 0.5) is 0 Å². The molecule has 2 saturated heterocycles. The van der Waals surface area contributed by atoms with E-state index in [1.165, 1.54) is 11.8 Å². The van der Waals surface area contributed by atoms with E-state index in [2.05, 4.69) is 26.1 Å². The van der Waals surface area contributed by atoms with Crippen molar-refractivity contribution in [1.82, 2.24) is 10.2 Å².